The number of isocyanates is 1. The van der Waals surface area contributed by atoms with E-state index in [1.165, 1.54) is 16.6 Å². The summed E-state index contributed by atoms with van der Waals surface area (Å²) in [7, 11) is 0. The second kappa shape index (κ2) is 4.83. The van der Waals surface area contributed by atoms with Crippen molar-refractivity contribution in [1.82, 2.24) is 4.98 Å². The van der Waals surface area contributed by atoms with Crippen LogP contribution in [0.1, 0.15) is 42.5 Å². The van der Waals surface area contributed by atoms with Gasteiger partial charge in [0.2, 0.25) is 6.08 Å². The molecule has 4 rings (SSSR count). The van der Waals surface area contributed by atoms with Crippen molar-refractivity contribution in [3.8, 4) is 0 Å². The number of aromatic amines is 1. The summed E-state index contributed by atoms with van der Waals surface area (Å²) in [5, 5.41) is 1.22. The summed E-state index contributed by atoms with van der Waals surface area (Å²) in [4.78, 5) is 18.5. The maximum Gasteiger partial charge on any atom is 0.235 e. The highest BCUT2D eigenvalue weighted by Gasteiger charge is 2.36. The standard InChI is InChI=1S/C17H18N2O2/c20-11-18-17(6-1-2-7-17)12-3-4-15-13(9-12)14-10-21-8-5-16(14)19-15/h3-4,9,19H,1-2,5-8,10H2. The Balaban J connectivity index is 1.88. The van der Waals surface area contributed by atoms with Gasteiger partial charge < -0.3 is 9.72 Å². The van der Waals surface area contributed by atoms with Crippen LogP contribution in [0.5, 0.6) is 0 Å². The Labute approximate surface area is 123 Å². The molecule has 1 N–H and O–H groups in total. The predicted molar refractivity (Wildman–Crippen MR) is 79.9 cm³/mol. The monoisotopic (exact) mass is 282 g/mol. The molecule has 1 saturated carbocycles. The minimum atomic E-state index is -0.352. The van der Waals surface area contributed by atoms with Crippen LogP contribution in [0.2, 0.25) is 0 Å². The molecule has 21 heavy (non-hydrogen) atoms. The molecular weight excluding hydrogens is 264 g/mol. The maximum absolute atomic E-state index is 10.9. The zero-order valence-corrected chi connectivity index (χ0v) is 11.9. The molecule has 0 amide bonds. The largest absolute Gasteiger partial charge is 0.376 e. The van der Waals surface area contributed by atoms with Crippen molar-refractivity contribution in [2.45, 2.75) is 44.2 Å². The SMILES string of the molecule is O=C=NC1(c2ccc3[nH]c4c(c3c2)COCC4)CCCC1. The Morgan fingerprint density at radius 1 is 1.29 bits per heavy atom. The molecule has 1 fully saturated rings. The van der Waals surface area contributed by atoms with Crippen LogP contribution in [-0.2, 0) is 28.1 Å². The van der Waals surface area contributed by atoms with E-state index < -0.39 is 0 Å². The van der Waals surface area contributed by atoms with Crippen LogP contribution in [0.3, 0.4) is 0 Å². The molecule has 4 nitrogen and oxygen atoms in total. The zero-order chi connectivity index (χ0) is 14.3. The van der Waals surface area contributed by atoms with Gasteiger partial charge in [0.1, 0.15) is 0 Å². The second-order valence-corrected chi connectivity index (χ2v) is 6.09. The predicted octanol–water partition coefficient (Wildman–Crippen LogP) is 3.35. The smallest absolute Gasteiger partial charge is 0.235 e. The van der Waals surface area contributed by atoms with Crippen molar-refractivity contribution in [3.63, 3.8) is 0 Å². The van der Waals surface area contributed by atoms with Gasteiger partial charge in [0.25, 0.3) is 0 Å². The topological polar surface area (TPSA) is 54.5 Å². The lowest BCUT2D eigenvalue weighted by molar-refractivity contribution is 0.111. The summed E-state index contributed by atoms with van der Waals surface area (Å²) in [6, 6.07) is 6.42. The summed E-state index contributed by atoms with van der Waals surface area (Å²) in [6.45, 7) is 1.45. The average molecular weight is 282 g/mol. The Morgan fingerprint density at radius 2 is 2.14 bits per heavy atom. The van der Waals surface area contributed by atoms with Crippen LogP contribution in [0, 0.1) is 0 Å². The van der Waals surface area contributed by atoms with Gasteiger partial charge in [-0.2, -0.15) is 4.99 Å². The molecule has 2 aliphatic rings. The number of rotatable bonds is 2. The molecule has 2 aromatic rings. The molecule has 0 atom stereocenters. The van der Waals surface area contributed by atoms with E-state index >= 15 is 0 Å². The molecule has 108 valence electrons. The summed E-state index contributed by atoms with van der Waals surface area (Å²) >= 11 is 0. The molecule has 0 saturated heterocycles. The fourth-order valence-corrected chi connectivity index (χ4v) is 3.83. The van der Waals surface area contributed by atoms with Crippen LogP contribution < -0.4 is 0 Å². The normalized spacial score (nSPS) is 20.2. The number of nitrogens with zero attached hydrogens (tertiary/aromatic N) is 1. The van der Waals surface area contributed by atoms with Crippen molar-refractivity contribution in [2.24, 2.45) is 4.99 Å². The van der Waals surface area contributed by atoms with Crippen molar-refractivity contribution >= 4 is 17.0 Å². The van der Waals surface area contributed by atoms with Crippen molar-refractivity contribution in [2.75, 3.05) is 6.61 Å². The summed E-state index contributed by atoms with van der Waals surface area (Å²) in [6.07, 6.45) is 6.86. The number of benzene rings is 1. The minimum absolute atomic E-state index is 0.352. The maximum atomic E-state index is 10.9. The lowest BCUT2D eigenvalue weighted by Gasteiger charge is -2.23. The molecule has 1 aromatic carbocycles. The second-order valence-electron chi connectivity index (χ2n) is 6.09. The third-order valence-corrected chi connectivity index (χ3v) is 4.97. The first-order valence-electron chi connectivity index (χ1n) is 7.63. The third-order valence-electron chi connectivity index (χ3n) is 4.97. The summed E-state index contributed by atoms with van der Waals surface area (Å²) < 4.78 is 5.59. The highest BCUT2D eigenvalue weighted by Crippen LogP contribution is 2.43. The Kier molecular flexibility index (Phi) is 2.95. The number of fused-ring (bicyclic) bond motifs is 3. The van der Waals surface area contributed by atoms with E-state index in [4.69, 9.17) is 4.74 Å². The van der Waals surface area contributed by atoms with E-state index in [0.717, 1.165) is 49.8 Å². The van der Waals surface area contributed by atoms with Gasteiger partial charge >= 0.3 is 0 Å². The number of hydrogen-bond acceptors (Lipinski definition) is 3. The molecule has 4 heteroatoms. The number of nitrogens with one attached hydrogen (secondary N) is 1. The highest BCUT2D eigenvalue weighted by atomic mass is 16.5. The summed E-state index contributed by atoms with van der Waals surface area (Å²) in [5.41, 5.74) is 4.49. The zero-order valence-electron chi connectivity index (χ0n) is 11.9. The van der Waals surface area contributed by atoms with Gasteiger partial charge in [0, 0.05) is 28.6 Å². The first kappa shape index (κ1) is 12.8. The van der Waals surface area contributed by atoms with Crippen molar-refractivity contribution < 1.29 is 9.53 Å². The van der Waals surface area contributed by atoms with Gasteiger partial charge in [-0.05, 0) is 30.5 Å². The number of H-pyrrole nitrogens is 1. The molecule has 2 heterocycles. The average Bonchev–Trinajstić information content (AvgIpc) is 3.12. The van der Waals surface area contributed by atoms with Gasteiger partial charge in [-0.1, -0.05) is 18.9 Å². The first-order valence-corrected chi connectivity index (χ1v) is 7.63. The molecule has 0 spiro atoms. The van der Waals surface area contributed by atoms with E-state index in [0.29, 0.717) is 6.61 Å². The molecule has 1 aromatic heterocycles. The highest BCUT2D eigenvalue weighted by molar-refractivity contribution is 5.85. The molecule has 1 aliphatic carbocycles. The van der Waals surface area contributed by atoms with Crippen LogP contribution in [0.15, 0.2) is 23.2 Å². The number of hydrogen-bond donors (Lipinski definition) is 1. The number of ether oxygens (including phenoxy) is 1. The molecule has 0 unspecified atom stereocenters. The number of carbonyl (C=O) groups excluding carboxylic acids is 1. The molecule has 0 radical (unpaired) electrons. The Hall–Kier alpha value is -1.90. The third kappa shape index (κ3) is 1.95. The first-order chi connectivity index (χ1) is 10.3. The number of aliphatic imine (C=N–C) groups is 1. The van der Waals surface area contributed by atoms with Crippen LogP contribution in [-0.4, -0.2) is 17.7 Å². The van der Waals surface area contributed by atoms with Gasteiger partial charge in [-0.25, -0.2) is 4.79 Å². The molecular formula is C17H18N2O2. The molecule has 1 aliphatic heterocycles. The Bertz CT molecular complexity index is 735. The van der Waals surface area contributed by atoms with E-state index in [9.17, 15) is 4.79 Å². The van der Waals surface area contributed by atoms with Gasteiger partial charge in [-0.15, -0.1) is 0 Å². The fourth-order valence-electron chi connectivity index (χ4n) is 3.83. The molecule has 0 bridgehead atoms. The van der Waals surface area contributed by atoms with Crippen molar-refractivity contribution in [3.05, 3.63) is 35.0 Å². The van der Waals surface area contributed by atoms with E-state index in [2.05, 4.69) is 28.2 Å². The lowest BCUT2D eigenvalue weighted by atomic mass is 9.88. The van der Waals surface area contributed by atoms with Gasteiger partial charge in [-0.3, -0.25) is 0 Å². The van der Waals surface area contributed by atoms with Crippen LogP contribution in [0.25, 0.3) is 10.9 Å². The van der Waals surface area contributed by atoms with Crippen LogP contribution in [0.4, 0.5) is 0 Å². The van der Waals surface area contributed by atoms with Gasteiger partial charge in [0.15, 0.2) is 0 Å². The van der Waals surface area contributed by atoms with E-state index in [-0.39, 0.29) is 5.54 Å². The Morgan fingerprint density at radius 3 is 2.95 bits per heavy atom. The lowest BCUT2D eigenvalue weighted by Crippen LogP contribution is -2.18. The van der Waals surface area contributed by atoms with Crippen molar-refractivity contribution in [1.29, 1.82) is 0 Å². The van der Waals surface area contributed by atoms with Gasteiger partial charge in [0.05, 0.1) is 18.8 Å². The summed E-state index contributed by atoms with van der Waals surface area (Å²) in [5.74, 6) is 0. The van der Waals surface area contributed by atoms with Crippen LogP contribution >= 0.6 is 0 Å². The quantitative estimate of drug-likeness (QED) is 0.678. The fraction of sp³-hybridized carbons (Fsp3) is 0.471. The van der Waals surface area contributed by atoms with E-state index in [1.54, 1.807) is 6.08 Å². The van der Waals surface area contributed by atoms with E-state index in [1.807, 2.05) is 0 Å². The minimum Gasteiger partial charge on any atom is -0.376 e. The number of aromatic nitrogens is 1.